The molecule has 1 saturated heterocycles. The molecular weight excluding hydrogens is 390 g/mol. The Bertz CT molecular complexity index is 725. The van der Waals surface area contributed by atoms with E-state index in [4.69, 9.17) is 0 Å². The lowest BCUT2D eigenvalue weighted by atomic mass is 10.0. The number of carbonyl (C=O) groups is 2. The highest BCUT2D eigenvalue weighted by Crippen LogP contribution is 2.37. The molecule has 2 amide bonds. The third-order valence-electron chi connectivity index (χ3n) is 4.71. The Kier molecular flexibility index (Phi) is 6.01. The van der Waals surface area contributed by atoms with Crippen molar-refractivity contribution in [2.75, 3.05) is 13.6 Å². The number of carbonyl (C=O) groups excluding carboxylic acids is 2. The van der Waals surface area contributed by atoms with E-state index in [1.165, 1.54) is 4.90 Å². The zero-order valence-corrected chi connectivity index (χ0v) is 15.5. The number of hydrogen-bond acceptors (Lipinski definition) is 2. The first-order valence-corrected chi connectivity index (χ1v) is 8.53. The maximum Gasteiger partial charge on any atom is 0.416 e. The van der Waals surface area contributed by atoms with Gasteiger partial charge in [-0.2, -0.15) is 26.3 Å². The second-order valence-electron chi connectivity index (χ2n) is 7.13. The molecule has 4 nitrogen and oxygen atoms in total. The molecule has 1 atom stereocenters. The van der Waals surface area contributed by atoms with Crippen LogP contribution in [0.5, 0.6) is 0 Å². The molecule has 1 aromatic rings. The van der Waals surface area contributed by atoms with Crippen molar-refractivity contribution in [2.45, 2.75) is 45.2 Å². The van der Waals surface area contributed by atoms with Gasteiger partial charge in [0.15, 0.2) is 0 Å². The van der Waals surface area contributed by atoms with Gasteiger partial charge >= 0.3 is 12.4 Å². The normalized spacial score (nSPS) is 18.1. The van der Waals surface area contributed by atoms with Crippen LogP contribution in [-0.4, -0.2) is 41.2 Å². The molecule has 156 valence electrons. The van der Waals surface area contributed by atoms with Crippen molar-refractivity contribution in [1.29, 1.82) is 0 Å². The van der Waals surface area contributed by atoms with Crippen LogP contribution in [0.3, 0.4) is 0 Å². The van der Waals surface area contributed by atoms with Crippen molar-refractivity contribution in [2.24, 2.45) is 5.92 Å². The maximum atomic E-state index is 13.0. The fraction of sp³-hybridized carbons (Fsp3) is 0.556. The molecule has 0 radical (unpaired) electrons. The van der Waals surface area contributed by atoms with Gasteiger partial charge in [0.1, 0.15) is 0 Å². The van der Waals surface area contributed by atoms with Gasteiger partial charge in [0, 0.05) is 32.6 Å². The Labute approximate surface area is 158 Å². The number of hydrogen-bond donors (Lipinski definition) is 0. The zero-order valence-electron chi connectivity index (χ0n) is 15.5. The van der Waals surface area contributed by atoms with E-state index >= 15 is 0 Å². The zero-order chi connectivity index (χ0) is 21.4. The quantitative estimate of drug-likeness (QED) is 0.706. The van der Waals surface area contributed by atoms with Crippen LogP contribution in [0.4, 0.5) is 26.3 Å². The smallest absolute Gasteiger partial charge is 0.343 e. The van der Waals surface area contributed by atoms with E-state index in [0.29, 0.717) is 12.1 Å². The summed E-state index contributed by atoms with van der Waals surface area (Å²) < 4.78 is 77.8. The Morgan fingerprint density at radius 2 is 1.61 bits per heavy atom. The van der Waals surface area contributed by atoms with Gasteiger partial charge in [-0.15, -0.1) is 0 Å². The van der Waals surface area contributed by atoms with Gasteiger partial charge in [0.05, 0.1) is 17.0 Å². The topological polar surface area (TPSA) is 40.6 Å². The summed E-state index contributed by atoms with van der Waals surface area (Å²) >= 11 is 0. The van der Waals surface area contributed by atoms with Crippen LogP contribution in [-0.2, 0) is 28.5 Å². The van der Waals surface area contributed by atoms with Crippen LogP contribution >= 0.6 is 0 Å². The molecule has 1 heterocycles. The molecule has 0 aromatic heterocycles. The minimum atomic E-state index is -4.95. The van der Waals surface area contributed by atoms with E-state index in [-0.39, 0.29) is 36.5 Å². The molecule has 1 fully saturated rings. The number of amides is 2. The van der Waals surface area contributed by atoms with Gasteiger partial charge in [0.2, 0.25) is 11.8 Å². The van der Waals surface area contributed by atoms with Crippen molar-refractivity contribution in [1.82, 2.24) is 9.80 Å². The largest absolute Gasteiger partial charge is 0.416 e. The Morgan fingerprint density at radius 1 is 1.11 bits per heavy atom. The molecule has 0 aliphatic carbocycles. The molecule has 1 aliphatic heterocycles. The maximum absolute atomic E-state index is 13.0. The number of nitrogens with zero attached hydrogens (tertiary/aromatic N) is 2. The van der Waals surface area contributed by atoms with Crippen molar-refractivity contribution in [3.8, 4) is 0 Å². The third-order valence-corrected chi connectivity index (χ3v) is 4.71. The standard InChI is InChI=1S/C18H20F6N2O2/c1-10(2)25(3)16(28)12-6-15(27)26(9-12)8-11-4-13(17(19,20)21)7-14(5-11)18(22,23)24/h4-5,7,10,12H,6,8-9H2,1-3H3/t12-/m0/s1. The minimum absolute atomic E-state index is 0.0409. The van der Waals surface area contributed by atoms with Gasteiger partial charge in [-0.25, -0.2) is 0 Å². The Balaban J connectivity index is 2.25. The highest BCUT2D eigenvalue weighted by molar-refractivity contribution is 5.89. The molecular formula is C18H20F6N2O2. The van der Waals surface area contributed by atoms with Crippen LogP contribution < -0.4 is 0 Å². The molecule has 1 aliphatic rings. The first-order valence-electron chi connectivity index (χ1n) is 8.53. The lowest BCUT2D eigenvalue weighted by molar-refractivity contribution is -0.143. The van der Waals surface area contributed by atoms with E-state index < -0.39 is 41.8 Å². The average molecular weight is 410 g/mol. The Hall–Kier alpha value is -2.26. The van der Waals surface area contributed by atoms with E-state index in [2.05, 4.69) is 0 Å². The number of alkyl halides is 6. The minimum Gasteiger partial charge on any atom is -0.343 e. The van der Waals surface area contributed by atoms with Crippen LogP contribution in [0.1, 0.15) is 37.0 Å². The van der Waals surface area contributed by atoms with Crippen LogP contribution in [0, 0.1) is 5.92 Å². The molecule has 10 heteroatoms. The van der Waals surface area contributed by atoms with Crippen molar-refractivity contribution >= 4 is 11.8 Å². The highest BCUT2D eigenvalue weighted by atomic mass is 19.4. The predicted octanol–water partition coefficient (Wildman–Crippen LogP) is 3.94. The first kappa shape index (κ1) is 22.0. The fourth-order valence-corrected chi connectivity index (χ4v) is 2.96. The van der Waals surface area contributed by atoms with E-state index in [0.717, 1.165) is 4.90 Å². The summed E-state index contributed by atoms with van der Waals surface area (Å²) in [6.07, 6.45) is -10.0. The van der Waals surface area contributed by atoms with Crippen LogP contribution in [0.25, 0.3) is 0 Å². The molecule has 0 unspecified atom stereocenters. The molecule has 0 spiro atoms. The van der Waals surface area contributed by atoms with Crippen molar-refractivity contribution in [3.05, 3.63) is 34.9 Å². The van der Waals surface area contributed by atoms with Crippen LogP contribution in [0.15, 0.2) is 18.2 Å². The van der Waals surface area contributed by atoms with Gasteiger partial charge in [-0.05, 0) is 37.6 Å². The molecule has 0 saturated carbocycles. The second-order valence-corrected chi connectivity index (χ2v) is 7.13. The summed E-state index contributed by atoms with van der Waals surface area (Å²) in [4.78, 5) is 27.1. The summed E-state index contributed by atoms with van der Waals surface area (Å²) in [5, 5.41) is 0. The van der Waals surface area contributed by atoms with E-state index in [1.54, 1.807) is 20.9 Å². The lowest BCUT2D eigenvalue weighted by Gasteiger charge is -2.25. The molecule has 1 aromatic carbocycles. The molecule has 0 N–H and O–H groups in total. The summed E-state index contributed by atoms with van der Waals surface area (Å²) in [6, 6.07) is 1.13. The third kappa shape index (κ3) is 4.96. The number of halogens is 6. The summed E-state index contributed by atoms with van der Waals surface area (Å²) in [6.45, 7) is 3.09. The molecule has 2 rings (SSSR count). The van der Waals surface area contributed by atoms with Crippen LogP contribution in [0.2, 0.25) is 0 Å². The second kappa shape index (κ2) is 7.63. The van der Waals surface area contributed by atoms with Gasteiger partial charge in [0.25, 0.3) is 0 Å². The number of benzene rings is 1. The highest BCUT2D eigenvalue weighted by Gasteiger charge is 2.39. The van der Waals surface area contributed by atoms with Gasteiger partial charge in [-0.3, -0.25) is 9.59 Å². The van der Waals surface area contributed by atoms with Gasteiger partial charge in [-0.1, -0.05) is 0 Å². The van der Waals surface area contributed by atoms with E-state index in [1.807, 2.05) is 0 Å². The molecule has 0 bridgehead atoms. The Morgan fingerprint density at radius 3 is 2.04 bits per heavy atom. The SMILES string of the molecule is CC(C)N(C)C(=O)[C@H]1CC(=O)N(Cc2cc(C(F)(F)F)cc(C(F)(F)F)c2)C1. The number of rotatable bonds is 4. The number of likely N-dealkylation sites (tertiary alicyclic amines) is 1. The van der Waals surface area contributed by atoms with Crippen molar-refractivity contribution < 1.29 is 35.9 Å². The lowest BCUT2D eigenvalue weighted by Crippen LogP contribution is -2.38. The first-order chi connectivity index (χ1) is 12.7. The average Bonchev–Trinajstić information content (AvgIpc) is 2.92. The summed E-state index contributed by atoms with van der Waals surface area (Å²) in [7, 11) is 1.57. The van der Waals surface area contributed by atoms with Crippen molar-refractivity contribution in [3.63, 3.8) is 0 Å². The summed E-state index contributed by atoms with van der Waals surface area (Å²) in [5.41, 5.74) is -3.16. The van der Waals surface area contributed by atoms with Gasteiger partial charge < -0.3 is 9.80 Å². The fourth-order valence-electron chi connectivity index (χ4n) is 2.96. The predicted molar refractivity (Wildman–Crippen MR) is 87.9 cm³/mol. The molecule has 28 heavy (non-hydrogen) atoms. The monoisotopic (exact) mass is 410 g/mol. The summed E-state index contributed by atoms with van der Waals surface area (Å²) in [5.74, 6) is -1.44. The van der Waals surface area contributed by atoms with E-state index in [9.17, 15) is 35.9 Å².